The summed E-state index contributed by atoms with van der Waals surface area (Å²) in [6.07, 6.45) is 0.541. The molecular weight excluding hydrogens is 364 g/mol. The van der Waals surface area contributed by atoms with Crippen molar-refractivity contribution in [2.24, 2.45) is 0 Å². The molecule has 1 amide bonds. The van der Waals surface area contributed by atoms with Gasteiger partial charge in [0.15, 0.2) is 0 Å². The fourth-order valence-electron chi connectivity index (χ4n) is 4.16. The van der Waals surface area contributed by atoms with Crippen LogP contribution in [0.2, 0.25) is 0 Å². The number of hydrogen-bond donors (Lipinski definition) is 3. The summed E-state index contributed by atoms with van der Waals surface area (Å²) in [6, 6.07) is 14.8. The quantitative estimate of drug-likeness (QED) is 0.723. The molecule has 0 unspecified atom stereocenters. The summed E-state index contributed by atoms with van der Waals surface area (Å²) in [5, 5.41) is 16.2. The molecule has 0 radical (unpaired) electrons. The van der Waals surface area contributed by atoms with E-state index in [9.17, 15) is 4.79 Å². The topological polar surface area (TPSA) is 67.8 Å². The Morgan fingerprint density at radius 1 is 1.14 bits per heavy atom. The van der Waals surface area contributed by atoms with Gasteiger partial charge in [0.25, 0.3) is 0 Å². The van der Waals surface area contributed by atoms with Gasteiger partial charge >= 0.3 is 0 Å². The molecule has 6 heteroatoms. The molecule has 1 fully saturated rings. The van der Waals surface area contributed by atoms with E-state index in [0.29, 0.717) is 13.0 Å². The van der Waals surface area contributed by atoms with Gasteiger partial charge in [-0.2, -0.15) is 0 Å². The van der Waals surface area contributed by atoms with Crippen molar-refractivity contribution < 1.29 is 9.90 Å². The van der Waals surface area contributed by atoms with Gasteiger partial charge in [-0.1, -0.05) is 42.0 Å². The van der Waals surface area contributed by atoms with Crippen molar-refractivity contribution in [3.8, 4) is 0 Å². The molecule has 0 spiro atoms. The Morgan fingerprint density at radius 2 is 1.97 bits per heavy atom. The lowest BCUT2D eigenvalue weighted by Crippen LogP contribution is -2.49. The first-order chi connectivity index (χ1) is 14.1. The first-order valence-electron chi connectivity index (χ1n) is 10.4. The Hall–Kier alpha value is -2.41. The first kappa shape index (κ1) is 19.9. The molecule has 1 atom stereocenters. The van der Waals surface area contributed by atoms with Gasteiger partial charge in [-0.3, -0.25) is 15.0 Å². The van der Waals surface area contributed by atoms with E-state index in [4.69, 9.17) is 5.11 Å². The van der Waals surface area contributed by atoms with Crippen LogP contribution in [-0.4, -0.2) is 60.1 Å². The maximum absolute atomic E-state index is 12.7. The smallest absolute Gasteiger partial charge is 0.227 e. The van der Waals surface area contributed by atoms with Gasteiger partial charge < -0.3 is 15.3 Å². The standard InChI is InChI=1S/C23H30N4O2/c1-17-3-2-4-19(13-17)23-24-16-20-14-18(5-6-21(20)25-23)15-22(29)27-9-7-26(8-10-27)11-12-28/h2-6,13-14,23-25,28H,7-12,15-16H2,1H3/t23-/m1/s1. The second kappa shape index (κ2) is 8.95. The van der Waals surface area contributed by atoms with Crippen LogP contribution in [0.4, 0.5) is 5.69 Å². The zero-order valence-electron chi connectivity index (χ0n) is 17.0. The second-order valence-corrected chi connectivity index (χ2v) is 7.99. The van der Waals surface area contributed by atoms with Crippen molar-refractivity contribution >= 4 is 11.6 Å². The average Bonchev–Trinajstić information content (AvgIpc) is 2.74. The number of hydrogen-bond acceptors (Lipinski definition) is 5. The normalized spacial score (nSPS) is 19.5. The van der Waals surface area contributed by atoms with E-state index in [2.05, 4.69) is 64.9 Å². The van der Waals surface area contributed by atoms with E-state index in [0.717, 1.165) is 44.0 Å². The van der Waals surface area contributed by atoms with E-state index >= 15 is 0 Å². The summed E-state index contributed by atoms with van der Waals surface area (Å²) in [5.41, 5.74) is 5.87. The molecule has 6 nitrogen and oxygen atoms in total. The highest BCUT2D eigenvalue weighted by molar-refractivity contribution is 5.79. The Kier molecular flexibility index (Phi) is 6.13. The molecule has 2 aliphatic rings. The van der Waals surface area contributed by atoms with Crippen LogP contribution in [0.5, 0.6) is 0 Å². The first-order valence-corrected chi connectivity index (χ1v) is 10.4. The van der Waals surface area contributed by atoms with Crippen LogP contribution in [0.3, 0.4) is 0 Å². The number of amides is 1. The van der Waals surface area contributed by atoms with Crippen LogP contribution < -0.4 is 10.6 Å². The average molecular weight is 395 g/mol. The van der Waals surface area contributed by atoms with E-state index in [1.54, 1.807) is 0 Å². The molecule has 0 aromatic heterocycles. The number of benzene rings is 2. The fourth-order valence-corrected chi connectivity index (χ4v) is 4.16. The zero-order chi connectivity index (χ0) is 20.2. The molecule has 0 aliphatic carbocycles. The molecule has 2 heterocycles. The fraction of sp³-hybridized carbons (Fsp3) is 0.435. The molecule has 154 valence electrons. The van der Waals surface area contributed by atoms with Gasteiger partial charge in [0, 0.05) is 45.0 Å². The summed E-state index contributed by atoms with van der Waals surface area (Å²) >= 11 is 0. The van der Waals surface area contributed by atoms with Crippen molar-refractivity contribution in [3.05, 3.63) is 64.7 Å². The minimum atomic E-state index is 0.102. The van der Waals surface area contributed by atoms with Crippen molar-refractivity contribution in [1.82, 2.24) is 15.1 Å². The van der Waals surface area contributed by atoms with Crippen LogP contribution in [0, 0.1) is 6.92 Å². The van der Waals surface area contributed by atoms with Crippen LogP contribution in [0.25, 0.3) is 0 Å². The van der Waals surface area contributed by atoms with Crippen LogP contribution >= 0.6 is 0 Å². The lowest BCUT2D eigenvalue weighted by Gasteiger charge is -2.34. The lowest BCUT2D eigenvalue weighted by atomic mass is 10.0. The van der Waals surface area contributed by atoms with Gasteiger partial charge in [-0.15, -0.1) is 0 Å². The summed E-state index contributed by atoms with van der Waals surface area (Å²) < 4.78 is 0. The van der Waals surface area contributed by atoms with E-state index in [-0.39, 0.29) is 18.7 Å². The summed E-state index contributed by atoms with van der Waals surface area (Å²) in [5.74, 6) is 0.183. The molecule has 29 heavy (non-hydrogen) atoms. The highest BCUT2D eigenvalue weighted by atomic mass is 16.3. The minimum Gasteiger partial charge on any atom is -0.395 e. The number of rotatable bonds is 5. The molecule has 0 bridgehead atoms. The van der Waals surface area contributed by atoms with E-state index in [1.807, 2.05) is 4.90 Å². The number of piperazine rings is 1. The molecular formula is C23H30N4O2. The number of nitrogens with zero attached hydrogens (tertiary/aromatic N) is 2. The number of carbonyl (C=O) groups excluding carboxylic acids is 1. The molecule has 4 rings (SSSR count). The van der Waals surface area contributed by atoms with E-state index < -0.39 is 0 Å². The Morgan fingerprint density at radius 3 is 2.72 bits per heavy atom. The maximum Gasteiger partial charge on any atom is 0.227 e. The van der Waals surface area contributed by atoms with Gasteiger partial charge in [0.05, 0.1) is 13.0 Å². The van der Waals surface area contributed by atoms with Gasteiger partial charge in [-0.25, -0.2) is 0 Å². The van der Waals surface area contributed by atoms with Gasteiger partial charge in [0.1, 0.15) is 6.17 Å². The van der Waals surface area contributed by atoms with Gasteiger partial charge in [0.2, 0.25) is 5.91 Å². The lowest BCUT2D eigenvalue weighted by molar-refractivity contribution is -0.132. The molecule has 2 aromatic rings. The number of carbonyl (C=O) groups is 1. The third-order valence-electron chi connectivity index (χ3n) is 5.84. The predicted molar refractivity (Wildman–Crippen MR) is 115 cm³/mol. The highest BCUT2D eigenvalue weighted by Crippen LogP contribution is 2.28. The van der Waals surface area contributed by atoms with Crippen molar-refractivity contribution in [1.29, 1.82) is 0 Å². The maximum atomic E-state index is 12.7. The van der Waals surface area contributed by atoms with Crippen molar-refractivity contribution in [2.75, 3.05) is 44.6 Å². The molecule has 0 saturated carbocycles. The molecule has 2 aliphatic heterocycles. The number of nitrogens with one attached hydrogen (secondary N) is 2. The summed E-state index contributed by atoms with van der Waals surface area (Å²) in [4.78, 5) is 16.8. The zero-order valence-corrected chi connectivity index (χ0v) is 17.0. The second-order valence-electron chi connectivity index (χ2n) is 7.99. The Balaban J connectivity index is 1.36. The Labute approximate surface area is 172 Å². The number of aliphatic hydroxyl groups is 1. The predicted octanol–water partition coefficient (Wildman–Crippen LogP) is 1.89. The molecule has 2 aromatic carbocycles. The third kappa shape index (κ3) is 4.78. The third-order valence-corrected chi connectivity index (χ3v) is 5.84. The largest absolute Gasteiger partial charge is 0.395 e. The number of β-amino-alcohol motifs (C(OH)–C–C–N with tert-alkyl or cyclic N) is 1. The number of anilines is 1. The summed E-state index contributed by atoms with van der Waals surface area (Å²) in [6.45, 7) is 6.91. The van der Waals surface area contributed by atoms with Crippen LogP contribution in [0.1, 0.15) is 28.4 Å². The monoisotopic (exact) mass is 394 g/mol. The van der Waals surface area contributed by atoms with Gasteiger partial charge in [-0.05, 0) is 29.7 Å². The highest BCUT2D eigenvalue weighted by Gasteiger charge is 2.22. The SMILES string of the molecule is Cc1cccc([C@@H]2NCc3cc(CC(=O)N4CCN(CCO)CC4)ccc3N2)c1. The van der Waals surface area contributed by atoms with Crippen LogP contribution in [0.15, 0.2) is 42.5 Å². The van der Waals surface area contributed by atoms with E-state index in [1.165, 1.54) is 16.7 Å². The number of aryl methyl sites for hydroxylation is 1. The Bertz CT molecular complexity index is 862. The molecule has 1 saturated heterocycles. The van der Waals surface area contributed by atoms with Crippen molar-refractivity contribution in [3.63, 3.8) is 0 Å². The summed E-state index contributed by atoms with van der Waals surface area (Å²) in [7, 11) is 0. The minimum absolute atomic E-state index is 0.102. The van der Waals surface area contributed by atoms with Crippen LogP contribution in [-0.2, 0) is 17.8 Å². The number of aliphatic hydroxyl groups excluding tert-OH is 1. The number of fused-ring (bicyclic) bond motifs is 1. The van der Waals surface area contributed by atoms with Crippen molar-refractivity contribution in [2.45, 2.75) is 26.1 Å². The molecule has 3 N–H and O–H groups in total.